The molecule has 140 valence electrons. The minimum atomic E-state index is 0.657. The Bertz CT molecular complexity index is 731. The number of aryl methyl sites for hydroxylation is 2. The lowest BCUT2D eigenvalue weighted by molar-refractivity contribution is 0.172. The van der Waals surface area contributed by atoms with Gasteiger partial charge < -0.3 is 10.2 Å². The summed E-state index contributed by atoms with van der Waals surface area (Å²) in [6, 6.07) is 8.82. The normalized spacial score (nSPS) is 16.1. The summed E-state index contributed by atoms with van der Waals surface area (Å²) in [6.45, 7) is 13.1. The SMILES string of the molecule is CCNC(=NCc1ncc(C)s1)N1CCN(Cc2cccc(C)c2)CC1. The van der Waals surface area contributed by atoms with Crippen molar-refractivity contribution < 1.29 is 0 Å². The van der Waals surface area contributed by atoms with Crippen molar-refractivity contribution in [1.29, 1.82) is 0 Å². The van der Waals surface area contributed by atoms with Crippen LogP contribution in [0.4, 0.5) is 0 Å². The zero-order chi connectivity index (χ0) is 18.4. The predicted octanol–water partition coefficient (Wildman–Crippen LogP) is 3.04. The summed E-state index contributed by atoms with van der Waals surface area (Å²) in [5.74, 6) is 1.01. The van der Waals surface area contributed by atoms with Crippen LogP contribution in [0.25, 0.3) is 0 Å². The fraction of sp³-hybridized carbons (Fsp3) is 0.500. The molecule has 0 radical (unpaired) electrons. The van der Waals surface area contributed by atoms with Gasteiger partial charge in [-0.25, -0.2) is 9.98 Å². The summed E-state index contributed by atoms with van der Waals surface area (Å²) in [5, 5.41) is 4.52. The van der Waals surface area contributed by atoms with Crippen molar-refractivity contribution in [3.05, 3.63) is 51.5 Å². The van der Waals surface area contributed by atoms with E-state index in [1.807, 2.05) is 6.20 Å². The summed E-state index contributed by atoms with van der Waals surface area (Å²) in [5.41, 5.74) is 2.73. The van der Waals surface area contributed by atoms with Crippen LogP contribution in [0.3, 0.4) is 0 Å². The van der Waals surface area contributed by atoms with Gasteiger partial charge in [-0.05, 0) is 26.3 Å². The smallest absolute Gasteiger partial charge is 0.194 e. The van der Waals surface area contributed by atoms with Gasteiger partial charge in [0.2, 0.25) is 0 Å². The fourth-order valence-electron chi connectivity index (χ4n) is 3.23. The number of aromatic nitrogens is 1. The molecule has 1 fully saturated rings. The Morgan fingerprint density at radius 1 is 1.23 bits per heavy atom. The monoisotopic (exact) mass is 371 g/mol. The van der Waals surface area contributed by atoms with Crippen molar-refractivity contribution in [2.24, 2.45) is 4.99 Å². The lowest BCUT2D eigenvalue weighted by Crippen LogP contribution is -2.52. The molecule has 0 bridgehead atoms. The van der Waals surface area contributed by atoms with Gasteiger partial charge in [-0.1, -0.05) is 29.8 Å². The van der Waals surface area contributed by atoms with Gasteiger partial charge in [0.25, 0.3) is 0 Å². The molecular formula is C20H29N5S. The molecule has 26 heavy (non-hydrogen) atoms. The van der Waals surface area contributed by atoms with Gasteiger partial charge >= 0.3 is 0 Å². The second-order valence-corrected chi connectivity index (χ2v) is 8.11. The highest BCUT2D eigenvalue weighted by molar-refractivity contribution is 7.11. The molecule has 0 spiro atoms. The average molecular weight is 372 g/mol. The molecule has 1 aliphatic rings. The zero-order valence-corrected chi connectivity index (χ0v) is 16.9. The minimum Gasteiger partial charge on any atom is -0.357 e. The average Bonchev–Trinajstić information content (AvgIpc) is 3.05. The van der Waals surface area contributed by atoms with Gasteiger partial charge in [0.15, 0.2) is 5.96 Å². The summed E-state index contributed by atoms with van der Waals surface area (Å²) >= 11 is 1.72. The van der Waals surface area contributed by atoms with Gasteiger partial charge in [-0.3, -0.25) is 4.90 Å². The lowest BCUT2D eigenvalue weighted by Gasteiger charge is -2.36. The minimum absolute atomic E-state index is 0.657. The number of piperazine rings is 1. The number of thiazole rings is 1. The molecule has 1 aliphatic heterocycles. The van der Waals surface area contributed by atoms with E-state index in [4.69, 9.17) is 4.99 Å². The molecule has 1 saturated heterocycles. The third kappa shape index (κ3) is 5.29. The van der Waals surface area contributed by atoms with E-state index in [1.165, 1.54) is 16.0 Å². The Morgan fingerprint density at radius 2 is 2.04 bits per heavy atom. The van der Waals surface area contributed by atoms with E-state index >= 15 is 0 Å². The summed E-state index contributed by atoms with van der Waals surface area (Å²) < 4.78 is 0. The highest BCUT2D eigenvalue weighted by Gasteiger charge is 2.19. The third-order valence-electron chi connectivity index (χ3n) is 4.53. The van der Waals surface area contributed by atoms with E-state index in [-0.39, 0.29) is 0 Å². The number of aliphatic imine (C=N–C) groups is 1. The van der Waals surface area contributed by atoms with E-state index in [9.17, 15) is 0 Å². The van der Waals surface area contributed by atoms with Crippen molar-refractivity contribution >= 4 is 17.3 Å². The van der Waals surface area contributed by atoms with E-state index in [1.54, 1.807) is 11.3 Å². The summed E-state index contributed by atoms with van der Waals surface area (Å²) in [4.78, 5) is 15.4. The quantitative estimate of drug-likeness (QED) is 0.648. The molecule has 0 unspecified atom stereocenters. The standard InChI is InChI=1S/C20H29N5S/c1-4-21-20(23-14-19-22-13-17(3)26-19)25-10-8-24(9-11-25)15-18-7-5-6-16(2)12-18/h5-7,12-13H,4,8-11,14-15H2,1-3H3,(H,21,23). The number of nitrogens with zero attached hydrogens (tertiary/aromatic N) is 4. The molecule has 1 aromatic carbocycles. The van der Waals surface area contributed by atoms with Crippen LogP contribution < -0.4 is 5.32 Å². The van der Waals surface area contributed by atoms with Crippen molar-refractivity contribution in [3.63, 3.8) is 0 Å². The van der Waals surface area contributed by atoms with Gasteiger partial charge in [-0.15, -0.1) is 11.3 Å². The molecule has 1 aromatic heterocycles. The predicted molar refractivity (Wildman–Crippen MR) is 110 cm³/mol. The number of rotatable bonds is 5. The molecular weight excluding hydrogens is 342 g/mol. The molecule has 1 N–H and O–H groups in total. The highest BCUT2D eigenvalue weighted by Crippen LogP contribution is 2.13. The first-order valence-corrected chi connectivity index (χ1v) is 10.2. The first-order chi connectivity index (χ1) is 12.6. The largest absolute Gasteiger partial charge is 0.357 e. The Kier molecular flexibility index (Phi) is 6.63. The molecule has 3 rings (SSSR count). The Balaban J connectivity index is 1.55. The molecule has 0 amide bonds. The van der Waals surface area contributed by atoms with Crippen LogP contribution in [0.2, 0.25) is 0 Å². The van der Waals surface area contributed by atoms with E-state index < -0.39 is 0 Å². The Labute approximate surface area is 160 Å². The molecule has 2 heterocycles. The van der Waals surface area contributed by atoms with E-state index in [2.05, 4.69) is 65.1 Å². The van der Waals surface area contributed by atoms with Crippen LogP contribution in [-0.4, -0.2) is 53.5 Å². The van der Waals surface area contributed by atoms with Crippen molar-refractivity contribution in [3.8, 4) is 0 Å². The maximum absolute atomic E-state index is 4.80. The third-order valence-corrected chi connectivity index (χ3v) is 5.43. The topological polar surface area (TPSA) is 43.8 Å². The van der Waals surface area contributed by atoms with Gasteiger partial charge in [0.05, 0.1) is 6.54 Å². The van der Waals surface area contributed by atoms with Crippen LogP contribution in [0, 0.1) is 13.8 Å². The number of nitrogens with one attached hydrogen (secondary N) is 1. The van der Waals surface area contributed by atoms with Crippen LogP contribution in [0.1, 0.15) is 27.9 Å². The lowest BCUT2D eigenvalue weighted by atomic mass is 10.1. The maximum Gasteiger partial charge on any atom is 0.194 e. The molecule has 5 nitrogen and oxygen atoms in total. The summed E-state index contributed by atoms with van der Waals surface area (Å²) in [6.07, 6.45) is 1.92. The maximum atomic E-state index is 4.80. The molecule has 0 atom stereocenters. The number of hydrogen-bond donors (Lipinski definition) is 1. The van der Waals surface area contributed by atoms with Crippen molar-refractivity contribution in [2.75, 3.05) is 32.7 Å². The Hall–Kier alpha value is -1.92. The van der Waals surface area contributed by atoms with Crippen LogP contribution in [-0.2, 0) is 13.1 Å². The van der Waals surface area contributed by atoms with E-state index in [0.29, 0.717) is 6.54 Å². The first kappa shape index (κ1) is 18.9. The summed E-state index contributed by atoms with van der Waals surface area (Å²) in [7, 11) is 0. The number of benzene rings is 1. The molecule has 0 saturated carbocycles. The Morgan fingerprint density at radius 3 is 2.69 bits per heavy atom. The molecule has 2 aromatic rings. The van der Waals surface area contributed by atoms with Crippen molar-refractivity contribution in [2.45, 2.75) is 33.9 Å². The number of hydrogen-bond acceptors (Lipinski definition) is 4. The number of guanidine groups is 1. The first-order valence-electron chi connectivity index (χ1n) is 9.36. The van der Waals surface area contributed by atoms with Gasteiger partial charge in [-0.2, -0.15) is 0 Å². The molecule has 0 aliphatic carbocycles. The highest BCUT2D eigenvalue weighted by atomic mass is 32.1. The second-order valence-electron chi connectivity index (χ2n) is 6.79. The molecule has 6 heteroatoms. The van der Waals surface area contributed by atoms with Gasteiger partial charge in [0.1, 0.15) is 5.01 Å². The van der Waals surface area contributed by atoms with Crippen LogP contribution in [0.5, 0.6) is 0 Å². The second kappa shape index (κ2) is 9.14. The van der Waals surface area contributed by atoms with Crippen molar-refractivity contribution in [1.82, 2.24) is 20.1 Å². The fourth-order valence-corrected chi connectivity index (χ4v) is 3.94. The van der Waals surface area contributed by atoms with E-state index in [0.717, 1.165) is 50.2 Å². The van der Waals surface area contributed by atoms with Gasteiger partial charge in [0, 0.05) is 50.3 Å². The van der Waals surface area contributed by atoms with Crippen LogP contribution >= 0.6 is 11.3 Å². The van der Waals surface area contributed by atoms with Crippen LogP contribution in [0.15, 0.2) is 35.5 Å². The zero-order valence-electron chi connectivity index (χ0n) is 16.0.